The Morgan fingerprint density at radius 2 is 1.95 bits per heavy atom. The van der Waals surface area contributed by atoms with Crippen molar-refractivity contribution < 1.29 is 4.79 Å². The normalized spacial score (nSPS) is 11.0. The standard InChI is InChI=1S/C17H12BrN3O/c18-14-7-8-15(20-11-14)21-16(22)9-6-13-4-1-3-12-5-2-10-19-17(12)13/h1-11H,(H,20,21,22)/b9-6+. The van der Waals surface area contributed by atoms with Gasteiger partial charge in [-0.3, -0.25) is 9.78 Å². The van der Waals surface area contributed by atoms with Crippen LogP contribution in [0.4, 0.5) is 5.82 Å². The number of carbonyl (C=O) groups is 1. The van der Waals surface area contributed by atoms with Crippen LogP contribution in [0, 0.1) is 0 Å². The van der Waals surface area contributed by atoms with Crippen molar-refractivity contribution in [2.45, 2.75) is 0 Å². The summed E-state index contributed by atoms with van der Waals surface area (Å²) >= 11 is 3.30. The molecule has 0 radical (unpaired) electrons. The molecule has 0 aliphatic carbocycles. The van der Waals surface area contributed by atoms with Gasteiger partial charge in [-0.1, -0.05) is 24.3 Å². The molecule has 1 aromatic carbocycles. The Bertz CT molecular complexity index is 839. The van der Waals surface area contributed by atoms with E-state index < -0.39 is 0 Å². The number of anilines is 1. The Balaban J connectivity index is 1.78. The Morgan fingerprint density at radius 3 is 2.77 bits per heavy atom. The summed E-state index contributed by atoms with van der Waals surface area (Å²) in [6.07, 6.45) is 6.61. The van der Waals surface area contributed by atoms with E-state index in [9.17, 15) is 4.79 Å². The maximum atomic E-state index is 11.9. The SMILES string of the molecule is O=C(/C=C/c1cccc2cccnc12)Nc1ccc(Br)cn1. The lowest BCUT2D eigenvalue weighted by atomic mass is 10.1. The van der Waals surface area contributed by atoms with Crippen LogP contribution in [0.2, 0.25) is 0 Å². The molecule has 3 aromatic rings. The number of amides is 1. The van der Waals surface area contributed by atoms with Gasteiger partial charge in [-0.15, -0.1) is 0 Å². The van der Waals surface area contributed by atoms with Gasteiger partial charge in [0.25, 0.3) is 0 Å². The molecule has 22 heavy (non-hydrogen) atoms. The zero-order valence-electron chi connectivity index (χ0n) is 11.5. The first-order valence-electron chi connectivity index (χ1n) is 6.67. The molecule has 0 saturated carbocycles. The molecule has 2 aromatic heterocycles. The minimum atomic E-state index is -0.234. The number of rotatable bonds is 3. The highest BCUT2D eigenvalue weighted by Gasteiger charge is 2.01. The molecule has 0 spiro atoms. The quantitative estimate of drug-likeness (QED) is 0.722. The predicted molar refractivity (Wildman–Crippen MR) is 91.3 cm³/mol. The van der Waals surface area contributed by atoms with E-state index in [1.54, 1.807) is 24.5 Å². The second kappa shape index (κ2) is 6.49. The van der Waals surface area contributed by atoms with E-state index in [-0.39, 0.29) is 5.91 Å². The molecule has 0 atom stereocenters. The van der Waals surface area contributed by atoms with E-state index in [0.29, 0.717) is 5.82 Å². The maximum Gasteiger partial charge on any atom is 0.249 e. The Hall–Kier alpha value is -2.53. The van der Waals surface area contributed by atoms with E-state index in [4.69, 9.17) is 0 Å². The summed E-state index contributed by atoms with van der Waals surface area (Å²) in [5.41, 5.74) is 1.77. The number of hydrogen-bond acceptors (Lipinski definition) is 3. The Kier molecular flexibility index (Phi) is 4.25. The van der Waals surface area contributed by atoms with Gasteiger partial charge in [0, 0.05) is 33.9 Å². The lowest BCUT2D eigenvalue weighted by molar-refractivity contribution is -0.111. The monoisotopic (exact) mass is 353 g/mol. The number of para-hydroxylation sites is 1. The molecule has 0 unspecified atom stereocenters. The molecule has 108 valence electrons. The number of nitrogens with zero attached hydrogens (tertiary/aromatic N) is 2. The van der Waals surface area contributed by atoms with Crippen molar-refractivity contribution in [3.8, 4) is 0 Å². The number of hydrogen-bond donors (Lipinski definition) is 1. The molecule has 0 aliphatic heterocycles. The third kappa shape index (κ3) is 3.38. The van der Waals surface area contributed by atoms with Crippen molar-refractivity contribution in [2.24, 2.45) is 0 Å². The molecule has 5 heteroatoms. The average molecular weight is 354 g/mol. The topological polar surface area (TPSA) is 54.9 Å². The summed E-state index contributed by atoms with van der Waals surface area (Å²) in [7, 11) is 0. The van der Waals surface area contributed by atoms with E-state index >= 15 is 0 Å². The Labute approximate surface area is 136 Å². The molecule has 0 aliphatic rings. The van der Waals surface area contributed by atoms with Crippen LogP contribution in [0.5, 0.6) is 0 Å². The molecule has 2 heterocycles. The highest BCUT2D eigenvalue weighted by molar-refractivity contribution is 9.10. The number of pyridine rings is 2. The number of benzene rings is 1. The van der Waals surface area contributed by atoms with Crippen LogP contribution in [0.15, 0.2) is 65.4 Å². The van der Waals surface area contributed by atoms with E-state index in [1.807, 2.05) is 36.4 Å². The first-order chi connectivity index (χ1) is 10.7. The van der Waals surface area contributed by atoms with E-state index in [1.165, 1.54) is 6.08 Å². The summed E-state index contributed by atoms with van der Waals surface area (Å²) < 4.78 is 0.864. The average Bonchev–Trinajstić information content (AvgIpc) is 2.55. The van der Waals surface area contributed by atoms with E-state index in [2.05, 4.69) is 31.2 Å². The predicted octanol–water partition coefficient (Wildman–Crippen LogP) is 4.04. The van der Waals surface area contributed by atoms with Crippen LogP contribution in [0.1, 0.15) is 5.56 Å². The minimum absolute atomic E-state index is 0.234. The maximum absolute atomic E-state index is 11.9. The van der Waals surface area contributed by atoms with Gasteiger partial charge in [-0.2, -0.15) is 0 Å². The van der Waals surface area contributed by atoms with Gasteiger partial charge in [-0.25, -0.2) is 4.98 Å². The highest BCUT2D eigenvalue weighted by Crippen LogP contribution is 2.17. The third-order valence-corrected chi connectivity index (χ3v) is 3.53. The van der Waals surface area contributed by atoms with Crippen LogP contribution in [0.25, 0.3) is 17.0 Å². The molecule has 1 N–H and O–H groups in total. The molecule has 0 bridgehead atoms. The van der Waals surface area contributed by atoms with Crippen LogP contribution in [0.3, 0.4) is 0 Å². The summed E-state index contributed by atoms with van der Waals surface area (Å²) in [5, 5.41) is 3.75. The van der Waals surface area contributed by atoms with Gasteiger partial charge in [0.2, 0.25) is 5.91 Å². The second-order valence-corrected chi connectivity index (χ2v) is 5.52. The molecule has 3 rings (SSSR count). The smallest absolute Gasteiger partial charge is 0.249 e. The summed E-state index contributed by atoms with van der Waals surface area (Å²) in [4.78, 5) is 20.4. The van der Waals surface area contributed by atoms with Crippen molar-refractivity contribution in [2.75, 3.05) is 5.32 Å². The first kappa shape index (κ1) is 14.4. The highest BCUT2D eigenvalue weighted by atomic mass is 79.9. The van der Waals surface area contributed by atoms with Gasteiger partial charge in [0.05, 0.1) is 5.52 Å². The lowest BCUT2D eigenvalue weighted by Crippen LogP contribution is -2.08. The molecular weight excluding hydrogens is 342 g/mol. The van der Waals surface area contributed by atoms with Gasteiger partial charge in [-0.05, 0) is 40.2 Å². The van der Waals surface area contributed by atoms with Gasteiger partial charge in [0.15, 0.2) is 0 Å². The largest absolute Gasteiger partial charge is 0.307 e. The van der Waals surface area contributed by atoms with Crippen LogP contribution >= 0.6 is 15.9 Å². The summed E-state index contributed by atoms with van der Waals surface area (Å²) in [6.45, 7) is 0. The van der Waals surface area contributed by atoms with Crippen molar-refractivity contribution in [1.29, 1.82) is 0 Å². The zero-order valence-corrected chi connectivity index (χ0v) is 13.1. The zero-order chi connectivity index (χ0) is 15.4. The molecule has 0 fully saturated rings. The molecule has 0 saturated heterocycles. The van der Waals surface area contributed by atoms with Crippen molar-refractivity contribution >= 4 is 44.6 Å². The van der Waals surface area contributed by atoms with Gasteiger partial charge < -0.3 is 5.32 Å². The van der Waals surface area contributed by atoms with Crippen LogP contribution < -0.4 is 5.32 Å². The fraction of sp³-hybridized carbons (Fsp3) is 0. The number of nitrogens with one attached hydrogen (secondary N) is 1. The number of carbonyl (C=O) groups excluding carboxylic acids is 1. The number of halogens is 1. The van der Waals surface area contributed by atoms with Crippen molar-refractivity contribution in [3.63, 3.8) is 0 Å². The second-order valence-electron chi connectivity index (χ2n) is 4.61. The van der Waals surface area contributed by atoms with Crippen LogP contribution in [-0.2, 0) is 4.79 Å². The van der Waals surface area contributed by atoms with E-state index in [0.717, 1.165) is 20.9 Å². The van der Waals surface area contributed by atoms with Gasteiger partial charge in [0.1, 0.15) is 5.82 Å². The van der Waals surface area contributed by atoms with Crippen LogP contribution in [-0.4, -0.2) is 15.9 Å². The number of fused-ring (bicyclic) bond motifs is 1. The molecule has 4 nitrogen and oxygen atoms in total. The van der Waals surface area contributed by atoms with Gasteiger partial charge >= 0.3 is 0 Å². The lowest BCUT2D eigenvalue weighted by Gasteiger charge is -2.02. The third-order valence-electron chi connectivity index (χ3n) is 3.06. The molecular formula is C17H12BrN3O. The Morgan fingerprint density at radius 1 is 1.09 bits per heavy atom. The molecule has 1 amide bonds. The first-order valence-corrected chi connectivity index (χ1v) is 7.46. The summed E-state index contributed by atoms with van der Waals surface area (Å²) in [5.74, 6) is 0.275. The van der Waals surface area contributed by atoms with Crippen molar-refractivity contribution in [1.82, 2.24) is 9.97 Å². The number of aromatic nitrogens is 2. The summed E-state index contributed by atoms with van der Waals surface area (Å²) in [6, 6.07) is 13.3. The fourth-order valence-electron chi connectivity index (χ4n) is 2.05. The fourth-order valence-corrected chi connectivity index (χ4v) is 2.28. The van der Waals surface area contributed by atoms with Crippen molar-refractivity contribution in [3.05, 3.63) is 71.0 Å². The minimum Gasteiger partial charge on any atom is -0.307 e.